The van der Waals surface area contributed by atoms with E-state index in [1.807, 2.05) is 13.1 Å². The third-order valence-electron chi connectivity index (χ3n) is 2.84. The first-order valence-electron chi connectivity index (χ1n) is 6.53. The first-order valence-corrected chi connectivity index (χ1v) is 6.53. The van der Waals surface area contributed by atoms with Crippen LogP contribution in [0, 0.1) is 5.92 Å². The highest BCUT2D eigenvalue weighted by molar-refractivity contribution is 5.47. The zero-order valence-corrected chi connectivity index (χ0v) is 11.7. The van der Waals surface area contributed by atoms with Gasteiger partial charge in [-0.1, -0.05) is 20.8 Å². The quantitative estimate of drug-likeness (QED) is 0.691. The van der Waals surface area contributed by atoms with E-state index in [9.17, 15) is 5.11 Å². The summed E-state index contributed by atoms with van der Waals surface area (Å²) in [5.74, 6) is 2.74. The fourth-order valence-corrected chi connectivity index (χ4v) is 1.65. The number of aromatic nitrogens is 2. The van der Waals surface area contributed by atoms with E-state index in [1.165, 1.54) is 0 Å². The smallest absolute Gasteiger partial charge is 0.133 e. The molecule has 3 N–H and O–H groups in total. The Morgan fingerprint density at radius 1 is 1.28 bits per heavy atom. The Kier molecular flexibility index (Phi) is 5.85. The van der Waals surface area contributed by atoms with E-state index in [-0.39, 0.29) is 12.6 Å². The number of rotatable bonds is 7. The van der Waals surface area contributed by atoms with Gasteiger partial charge < -0.3 is 15.7 Å². The number of nitrogens with one attached hydrogen (secondary N) is 2. The van der Waals surface area contributed by atoms with Crippen LogP contribution in [0.25, 0.3) is 0 Å². The number of anilines is 2. The van der Waals surface area contributed by atoms with Crippen LogP contribution in [0.3, 0.4) is 0 Å². The van der Waals surface area contributed by atoms with E-state index in [4.69, 9.17) is 0 Å². The molecule has 0 aliphatic carbocycles. The van der Waals surface area contributed by atoms with Gasteiger partial charge in [-0.25, -0.2) is 9.97 Å². The number of hydrogen-bond acceptors (Lipinski definition) is 5. The molecule has 18 heavy (non-hydrogen) atoms. The van der Waals surface area contributed by atoms with Gasteiger partial charge in [0.05, 0.1) is 12.6 Å². The molecule has 5 heteroatoms. The van der Waals surface area contributed by atoms with Crippen molar-refractivity contribution in [3.05, 3.63) is 11.9 Å². The lowest BCUT2D eigenvalue weighted by atomic mass is 10.1. The zero-order chi connectivity index (χ0) is 13.5. The van der Waals surface area contributed by atoms with Crippen molar-refractivity contribution in [3.63, 3.8) is 0 Å². The monoisotopic (exact) mass is 252 g/mol. The Labute approximate surface area is 109 Å². The largest absolute Gasteiger partial charge is 0.394 e. The van der Waals surface area contributed by atoms with Crippen molar-refractivity contribution in [1.82, 2.24) is 9.97 Å². The molecule has 1 heterocycles. The first kappa shape index (κ1) is 14.7. The molecule has 0 aromatic carbocycles. The van der Waals surface area contributed by atoms with Crippen LogP contribution >= 0.6 is 0 Å². The predicted molar refractivity (Wildman–Crippen MR) is 74.9 cm³/mol. The number of aryl methyl sites for hydroxylation is 1. The Hall–Kier alpha value is -1.36. The van der Waals surface area contributed by atoms with Gasteiger partial charge in [0.25, 0.3) is 0 Å². The van der Waals surface area contributed by atoms with E-state index >= 15 is 0 Å². The highest BCUT2D eigenvalue weighted by Gasteiger charge is 2.13. The van der Waals surface area contributed by atoms with E-state index in [2.05, 4.69) is 41.4 Å². The van der Waals surface area contributed by atoms with E-state index in [0.717, 1.165) is 30.3 Å². The lowest BCUT2D eigenvalue weighted by Crippen LogP contribution is -2.30. The van der Waals surface area contributed by atoms with Gasteiger partial charge in [-0.15, -0.1) is 0 Å². The van der Waals surface area contributed by atoms with Crippen molar-refractivity contribution in [2.24, 2.45) is 5.92 Å². The van der Waals surface area contributed by atoms with Crippen LogP contribution < -0.4 is 10.6 Å². The van der Waals surface area contributed by atoms with Crippen LogP contribution in [0.5, 0.6) is 0 Å². The van der Waals surface area contributed by atoms with Crippen LogP contribution in [-0.2, 0) is 6.42 Å². The van der Waals surface area contributed by atoms with Crippen LogP contribution in [0.1, 0.15) is 33.0 Å². The van der Waals surface area contributed by atoms with Crippen molar-refractivity contribution in [3.8, 4) is 0 Å². The van der Waals surface area contributed by atoms with Gasteiger partial charge >= 0.3 is 0 Å². The molecule has 0 spiro atoms. The topological polar surface area (TPSA) is 70.1 Å². The molecule has 0 saturated carbocycles. The van der Waals surface area contributed by atoms with Gasteiger partial charge in [-0.2, -0.15) is 0 Å². The Morgan fingerprint density at radius 3 is 2.44 bits per heavy atom. The molecular weight excluding hydrogens is 228 g/mol. The SMILES string of the molecule is CCCc1nc(NC)cc(NC(CO)C(C)C)n1. The molecule has 1 aromatic heterocycles. The lowest BCUT2D eigenvalue weighted by molar-refractivity contribution is 0.249. The first-order chi connectivity index (χ1) is 8.60. The van der Waals surface area contributed by atoms with Gasteiger partial charge in [0.15, 0.2) is 0 Å². The van der Waals surface area contributed by atoms with Gasteiger partial charge in [-0.3, -0.25) is 0 Å². The maximum Gasteiger partial charge on any atom is 0.133 e. The summed E-state index contributed by atoms with van der Waals surface area (Å²) in [5.41, 5.74) is 0. The molecule has 0 saturated heterocycles. The summed E-state index contributed by atoms with van der Waals surface area (Å²) >= 11 is 0. The summed E-state index contributed by atoms with van der Waals surface area (Å²) < 4.78 is 0. The molecule has 0 amide bonds. The normalized spacial score (nSPS) is 12.6. The molecule has 1 rings (SSSR count). The Bertz CT molecular complexity index is 368. The molecule has 1 unspecified atom stereocenters. The minimum atomic E-state index is 0.0130. The Balaban J connectivity index is 2.89. The minimum Gasteiger partial charge on any atom is -0.394 e. The molecule has 102 valence electrons. The second-order valence-corrected chi connectivity index (χ2v) is 4.73. The number of nitrogens with zero attached hydrogens (tertiary/aromatic N) is 2. The standard InChI is InChI=1S/C13H24N4O/c1-5-6-11-16-12(14-4)7-13(17-11)15-10(8-18)9(2)3/h7,9-10,18H,5-6,8H2,1-4H3,(H2,14,15,16,17). The highest BCUT2D eigenvalue weighted by atomic mass is 16.3. The third kappa shape index (κ3) is 4.14. The molecule has 1 aromatic rings. The van der Waals surface area contributed by atoms with Crippen molar-refractivity contribution in [2.45, 2.75) is 39.7 Å². The zero-order valence-electron chi connectivity index (χ0n) is 11.7. The molecule has 0 fully saturated rings. The fourth-order valence-electron chi connectivity index (χ4n) is 1.65. The summed E-state index contributed by atoms with van der Waals surface area (Å²) in [6.45, 7) is 6.34. The summed E-state index contributed by atoms with van der Waals surface area (Å²) in [5, 5.41) is 15.6. The van der Waals surface area contributed by atoms with E-state index < -0.39 is 0 Å². The lowest BCUT2D eigenvalue weighted by Gasteiger charge is -2.21. The molecule has 0 aliphatic heterocycles. The predicted octanol–water partition coefficient (Wildman–Crippen LogP) is 1.90. The minimum absolute atomic E-state index is 0.0130. The van der Waals surface area contributed by atoms with Crippen molar-refractivity contribution < 1.29 is 5.11 Å². The molecule has 0 aliphatic rings. The number of hydrogen-bond donors (Lipinski definition) is 3. The van der Waals surface area contributed by atoms with Gasteiger partial charge in [0, 0.05) is 19.5 Å². The maximum atomic E-state index is 9.34. The second-order valence-electron chi connectivity index (χ2n) is 4.73. The van der Waals surface area contributed by atoms with Gasteiger partial charge in [-0.05, 0) is 12.3 Å². The summed E-state index contributed by atoms with van der Waals surface area (Å²) in [4.78, 5) is 8.86. The Morgan fingerprint density at radius 2 is 1.94 bits per heavy atom. The average molecular weight is 252 g/mol. The maximum absolute atomic E-state index is 9.34. The third-order valence-corrected chi connectivity index (χ3v) is 2.84. The molecular formula is C13H24N4O. The fraction of sp³-hybridized carbons (Fsp3) is 0.692. The summed E-state index contributed by atoms with van der Waals surface area (Å²) in [6, 6.07) is 1.88. The number of aliphatic hydroxyl groups is 1. The molecule has 1 atom stereocenters. The average Bonchev–Trinajstić information content (AvgIpc) is 2.35. The number of aliphatic hydroxyl groups excluding tert-OH is 1. The van der Waals surface area contributed by atoms with Crippen molar-refractivity contribution in [2.75, 3.05) is 24.3 Å². The molecule has 0 bridgehead atoms. The highest BCUT2D eigenvalue weighted by Crippen LogP contribution is 2.15. The van der Waals surface area contributed by atoms with Crippen LogP contribution in [0.15, 0.2) is 6.07 Å². The molecule has 5 nitrogen and oxygen atoms in total. The van der Waals surface area contributed by atoms with Gasteiger partial charge in [0.1, 0.15) is 17.5 Å². The van der Waals surface area contributed by atoms with E-state index in [0.29, 0.717) is 5.92 Å². The van der Waals surface area contributed by atoms with Crippen molar-refractivity contribution >= 4 is 11.6 Å². The van der Waals surface area contributed by atoms with Crippen LogP contribution in [-0.4, -0.2) is 34.8 Å². The molecule has 0 radical (unpaired) electrons. The second kappa shape index (κ2) is 7.16. The van der Waals surface area contributed by atoms with Gasteiger partial charge in [0.2, 0.25) is 0 Å². The van der Waals surface area contributed by atoms with Crippen molar-refractivity contribution in [1.29, 1.82) is 0 Å². The van der Waals surface area contributed by atoms with E-state index in [1.54, 1.807) is 0 Å². The summed E-state index contributed by atoms with van der Waals surface area (Å²) in [7, 11) is 1.84. The summed E-state index contributed by atoms with van der Waals surface area (Å²) in [6.07, 6.45) is 1.87. The van der Waals surface area contributed by atoms with Crippen LogP contribution in [0.2, 0.25) is 0 Å². The van der Waals surface area contributed by atoms with Crippen LogP contribution in [0.4, 0.5) is 11.6 Å².